The van der Waals surface area contributed by atoms with Crippen molar-refractivity contribution in [3.63, 3.8) is 0 Å². The van der Waals surface area contributed by atoms with E-state index in [2.05, 4.69) is 36.1 Å². The van der Waals surface area contributed by atoms with Gasteiger partial charge in [0.25, 0.3) is 0 Å². The van der Waals surface area contributed by atoms with Crippen LogP contribution in [-0.2, 0) is 0 Å². The Kier molecular flexibility index (Phi) is 4.81. The van der Waals surface area contributed by atoms with E-state index in [1.54, 1.807) is 0 Å². The third-order valence-corrected chi connectivity index (χ3v) is 5.29. The molecule has 0 amide bonds. The SMILES string of the molecule is CCN(C1CCOc2ccccc21)C1CCCCC1CN. The molecule has 0 saturated heterocycles. The molecule has 3 unspecified atom stereocenters. The first-order chi connectivity index (χ1) is 10.3. The summed E-state index contributed by atoms with van der Waals surface area (Å²) in [6.45, 7) is 5.05. The Bertz CT molecular complexity index is 462. The van der Waals surface area contributed by atoms with Crippen LogP contribution in [0.5, 0.6) is 5.75 Å². The minimum Gasteiger partial charge on any atom is -0.493 e. The zero-order valence-electron chi connectivity index (χ0n) is 13.1. The number of nitrogens with zero attached hydrogens (tertiary/aromatic N) is 1. The lowest BCUT2D eigenvalue weighted by atomic mass is 9.82. The number of nitrogens with two attached hydrogens (primary N) is 1. The summed E-state index contributed by atoms with van der Waals surface area (Å²) < 4.78 is 5.84. The lowest BCUT2D eigenvalue weighted by Gasteiger charge is -2.45. The quantitative estimate of drug-likeness (QED) is 0.923. The van der Waals surface area contributed by atoms with Crippen LogP contribution in [-0.4, -0.2) is 30.6 Å². The molecular weight excluding hydrogens is 260 g/mol. The molecule has 3 atom stereocenters. The zero-order chi connectivity index (χ0) is 14.7. The van der Waals surface area contributed by atoms with Crippen molar-refractivity contribution in [2.75, 3.05) is 19.7 Å². The third-order valence-electron chi connectivity index (χ3n) is 5.29. The van der Waals surface area contributed by atoms with E-state index in [0.717, 1.165) is 31.9 Å². The fraction of sp³-hybridized carbons (Fsp3) is 0.667. The van der Waals surface area contributed by atoms with Gasteiger partial charge in [0.1, 0.15) is 5.75 Å². The first kappa shape index (κ1) is 14.9. The Hall–Kier alpha value is -1.06. The van der Waals surface area contributed by atoms with Crippen LogP contribution < -0.4 is 10.5 Å². The van der Waals surface area contributed by atoms with Gasteiger partial charge in [0.2, 0.25) is 0 Å². The Morgan fingerprint density at radius 2 is 2.00 bits per heavy atom. The molecule has 2 aliphatic rings. The Morgan fingerprint density at radius 1 is 1.19 bits per heavy atom. The topological polar surface area (TPSA) is 38.5 Å². The Labute approximate surface area is 128 Å². The smallest absolute Gasteiger partial charge is 0.124 e. The normalized spacial score (nSPS) is 29.0. The average Bonchev–Trinajstić information content (AvgIpc) is 2.56. The van der Waals surface area contributed by atoms with E-state index in [4.69, 9.17) is 10.5 Å². The van der Waals surface area contributed by atoms with Gasteiger partial charge < -0.3 is 10.5 Å². The molecule has 0 aromatic heterocycles. The molecule has 1 aromatic rings. The van der Waals surface area contributed by atoms with Gasteiger partial charge in [-0.3, -0.25) is 4.90 Å². The van der Waals surface area contributed by atoms with Gasteiger partial charge in [-0.2, -0.15) is 0 Å². The summed E-state index contributed by atoms with van der Waals surface area (Å²) in [7, 11) is 0. The standard InChI is InChI=1S/C18H28N2O/c1-2-20(16-9-5-3-7-14(16)13-19)17-11-12-21-18-10-6-4-8-15(17)18/h4,6,8,10,14,16-17H,2-3,5,7,9,11-13,19H2,1H3. The van der Waals surface area contributed by atoms with E-state index in [1.807, 2.05) is 0 Å². The van der Waals surface area contributed by atoms with Gasteiger partial charge in [-0.05, 0) is 37.9 Å². The van der Waals surface area contributed by atoms with Crippen molar-refractivity contribution in [2.24, 2.45) is 11.7 Å². The molecule has 1 aromatic carbocycles. The highest BCUT2D eigenvalue weighted by molar-refractivity contribution is 5.37. The van der Waals surface area contributed by atoms with Gasteiger partial charge in [0.15, 0.2) is 0 Å². The van der Waals surface area contributed by atoms with Crippen molar-refractivity contribution in [3.8, 4) is 5.75 Å². The maximum atomic E-state index is 6.06. The second kappa shape index (κ2) is 6.80. The van der Waals surface area contributed by atoms with Crippen molar-refractivity contribution in [2.45, 2.75) is 51.1 Å². The van der Waals surface area contributed by atoms with E-state index >= 15 is 0 Å². The third kappa shape index (κ3) is 2.95. The minimum absolute atomic E-state index is 0.497. The molecule has 1 saturated carbocycles. The summed E-state index contributed by atoms with van der Waals surface area (Å²) in [6.07, 6.45) is 6.39. The van der Waals surface area contributed by atoms with Crippen LogP contribution in [0.4, 0.5) is 0 Å². The number of hydrogen-bond donors (Lipinski definition) is 1. The van der Waals surface area contributed by atoms with Crippen molar-refractivity contribution in [1.82, 2.24) is 4.90 Å². The lowest BCUT2D eigenvalue weighted by Crippen LogP contribution is -2.47. The summed E-state index contributed by atoms with van der Waals surface area (Å²) in [5.74, 6) is 1.74. The van der Waals surface area contributed by atoms with Crippen LogP contribution in [0.2, 0.25) is 0 Å². The van der Waals surface area contributed by atoms with E-state index in [1.165, 1.54) is 31.2 Å². The number of para-hydroxylation sites is 1. The van der Waals surface area contributed by atoms with E-state index in [9.17, 15) is 0 Å². The highest BCUT2D eigenvalue weighted by Gasteiger charge is 2.35. The Balaban J connectivity index is 1.86. The number of fused-ring (bicyclic) bond motifs is 1. The van der Waals surface area contributed by atoms with Crippen molar-refractivity contribution in [3.05, 3.63) is 29.8 Å². The van der Waals surface area contributed by atoms with Gasteiger partial charge in [-0.15, -0.1) is 0 Å². The van der Waals surface area contributed by atoms with E-state index in [0.29, 0.717) is 18.0 Å². The van der Waals surface area contributed by atoms with Crippen LogP contribution >= 0.6 is 0 Å². The number of hydrogen-bond acceptors (Lipinski definition) is 3. The van der Waals surface area contributed by atoms with Crippen LogP contribution in [0.25, 0.3) is 0 Å². The van der Waals surface area contributed by atoms with Crippen LogP contribution in [0.1, 0.15) is 50.6 Å². The Morgan fingerprint density at radius 3 is 2.81 bits per heavy atom. The highest BCUT2D eigenvalue weighted by atomic mass is 16.5. The molecule has 1 heterocycles. The minimum atomic E-state index is 0.497. The number of ether oxygens (including phenoxy) is 1. The number of rotatable bonds is 4. The molecule has 0 spiro atoms. The maximum absolute atomic E-state index is 6.06. The zero-order valence-corrected chi connectivity index (χ0v) is 13.1. The fourth-order valence-corrected chi connectivity index (χ4v) is 4.25. The maximum Gasteiger partial charge on any atom is 0.124 e. The van der Waals surface area contributed by atoms with Crippen molar-refractivity contribution in [1.29, 1.82) is 0 Å². The summed E-state index contributed by atoms with van der Waals surface area (Å²) in [6, 6.07) is 9.69. The molecular formula is C18H28N2O. The molecule has 3 rings (SSSR count). The van der Waals surface area contributed by atoms with E-state index in [-0.39, 0.29) is 0 Å². The molecule has 0 radical (unpaired) electrons. The second-order valence-electron chi connectivity index (χ2n) is 6.37. The van der Waals surface area contributed by atoms with Gasteiger partial charge in [0, 0.05) is 24.1 Å². The van der Waals surface area contributed by atoms with E-state index < -0.39 is 0 Å². The second-order valence-corrected chi connectivity index (χ2v) is 6.37. The van der Waals surface area contributed by atoms with Crippen LogP contribution in [0, 0.1) is 5.92 Å². The molecule has 1 aliphatic carbocycles. The first-order valence-electron chi connectivity index (χ1n) is 8.52. The van der Waals surface area contributed by atoms with Crippen LogP contribution in [0.3, 0.4) is 0 Å². The summed E-state index contributed by atoms with van der Waals surface area (Å²) in [5.41, 5.74) is 7.43. The lowest BCUT2D eigenvalue weighted by molar-refractivity contribution is 0.0498. The molecule has 21 heavy (non-hydrogen) atoms. The van der Waals surface area contributed by atoms with Gasteiger partial charge in [-0.1, -0.05) is 38.0 Å². The predicted octanol–water partition coefficient (Wildman–Crippen LogP) is 3.35. The molecule has 2 N–H and O–H groups in total. The molecule has 3 heteroatoms. The largest absolute Gasteiger partial charge is 0.493 e. The summed E-state index contributed by atoms with van der Waals surface area (Å²) in [5, 5.41) is 0. The highest BCUT2D eigenvalue weighted by Crippen LogP contribution is 2.40. The van der Waals surface area contributed by atoms with Gasteiger partial charge in [-0.25, -0.2) is 0 Å². The molecule has 1 fully saturated rings. The number of benzene rings is 1. The molecule has 1 aliphatic heterocycles. The van der Waals surface area contributed by atoms with Crippen molar-refractivity contribution >= 4 is 0 Å². The summed E-state index contributed by atoms with van der Waals surface area (Å²) >= 11 is 0. The average molecular weight is 288 g/mol. The monoisotopic (exact) mass is 288 g/mol. The van der Waals surface area contributed by atoms with Gasteiger partial charge in [0.05, 0.1) is 6.61 Å². The molecule has 3 nitrogen and oxygen atoms in total. The van der Waals surface area contributed by atoms with Gasteiger partial charge >= 0.3 is 0 Å². The summed E-state index contributed by atoms with van der Waals surface area (Å²) in [4.78, 5) is 2.71. The fourth-order valence-electron chi connectivity index (χ4n) is 4.25. The molecule has 0 bridgehead atoms. The van der Waals surface area contributed by atoms with Crippen molar-refractivity contribution < 1.29 is 4.74 Å². The predicted molar refractivity (Wildman–Crippen MR) is 86.5 cm³/mol. The molecule has 116 valence electrons. The van der Waals surface area contributed by atoms with Crippen LogP contribution in [0.15, 0.2) is 24.3 Å². The first-order valence-corrected chi connectivity index (χ1v) is 8.52.